The molecule has 0 fully saturated rings. The van der Waals surface area contributed by atoms with Crippen LogP contribution in [-0.2, 0) is 21.7 Å². The fourth-order valence-electron chi connectivity index (χ4n) is 5.25. The summed E-state index contributed by atoms with van der Waals surface area (Å²) in [5, 5.41) is 0. The molecule has 0 aliphatic heterocycles. The third kappa shape index (κ3) is 11.6. The Balaban J connectivity index is 0.000000471. The molecule has 0 N–H and O–H groups in total. The van der Waals surface area contributed by atoms with E-state index in [2.05, 4.69) is 149 Å². The smallest absolute Gasteiger partial charge is 1.00 e. The molecule has 6 rings (SSSR count). The van der Waals surface area contributed by atoms with Crippen LogP contribution in [-0.4, -0.2) is 17.6 Å². The number of hydrogen-bond acceptors (Lipinski definition) is 1. The average Bonchev–Trinajstić information content (AvgIpc) is 3.46. The zero-order chi connectivity index (χ0) is 30.7. The van der Waals surface area contributed by atoms with Crippen molar-refractivity contribution >= 4 is 23.7 Å². The Morgan fingerprint density at radius 3 is 1.72 bits per heavy atom. The first kappa shape index (κ1) is 41.4. The number of para-hydroxylation sites is 1. The van der Waals surface area contributed by atoms with Crippen LogP contribution in [0.4, 0.5) is 0 Å². The second kappa shape index (κ2) is 20.6. The van der Waals surface area contributed by atoms with Gasteiger partial charge in [0.05, 0.1) is 0 Å². The molecular formula is C40H42Cl2OSi2Ti. The quantitative estimate of drug-likeness (QED) is 0.136. The van der Waals surface area contributed by atoms with Crippen molar-refractivity contribution in [1.29, 1.82) is 0 Å². The monoisotopic (exact) mass is 712 g/mol. The van der Waals surface area contributed by atoms with E-state index < -0.39 is 8.07 Å². The first-order valence-electron chi connectivity index (χ1n) is 14.9. The molecule has 0 saturated heterocycles. The van der Waals surface area contributed by atoms with Crippen molar-refractivity contribution in [2.75, 3.05) is 0 Å². The number of rotatable bonds is 6. The normalized spacial score (nSPS) is 12.5. The van der Waals surface area contributed by atoms with Crippen molar-refractivity contribution < 1.29 is 51.3 Å². The maximum Gasteiger partial charge on any atom is 4.00 e. The molecule has 1 atom stereocenters. The number of halogens is 2. The zero-order valence-corrected chi connectivity index (χ0v) is 32.6. The SMILES string of the molecule is C[Si](C)(C)C1[C-]=Cc2ccccc21.C[Si]C.Cc1c[c-]c(Oc2ccccc2)c(C(c2ccccc2)c2ccccc2)c1.[Cl-].[Cl-].[Ti+4]. The number of aryl methyl sites for hydroxylation is 1. The largest absolute Gasteiger partial charge is 4.00 e. The number of benzene rings is 5. The van der Waals surface area contributed by atoms with Gasteiger partial charge >= 0.3 is 21.7 Å². The Bertz CT molecular complexity index is 1550. The summed E-state index contributed by atoms with van der Waals surface area (Å²) in [6, 6.07) is 47.2. The van der Waals surface area contributed by atoms with Crippen LogP contribution in [0.5, 0.6) is 11.5 Å². The van der Waals surface area contributed by atoms with E-state index in [1.54, 1.807) is 0 Å². The predicted molar refractivity (Wildman–Crippen MR) is 188 cm³/mol. The van der Waals surface area contributed by atoms with E-state index in [1.165, 1.54) is 27.8 Å². The minimum atomic E-state index is -1.12. The zero-order valence-electron chi connectivity index (χ0n) is 27.5. The van der Waals surface area contributed by atoms with Crippen LogP contribution in [0.2, 0.25) is 32.7 Å². The number of fused-ring (bicyclic) bond motifs is 1. The Morgan fingerprint density at radius 1 is 0.717 bits per heavy atom. The van der Waals surface area contributed by atoms with Gasteiger partial charge in [0, 0.05) is 23.3 Å². The molecule has 5 aromatic rings. The van der Waals surface area contributed by atoms with Crippen molar-refractivity contribution in [3.63, 3.8) is 0 Å². The molecule has 1 nitrogen and oxygen atoms in total. The standard InChI is InChI=1S/C26H21O.C12H15Si.C2H6Si.2ClH.Ti/c1-20-17-18-25(27-23-15-9-4-10-16-23)24(19-20)26(21-11-5-2-6-12-21)22-13-7-3-8-14-22;1-13(2,3)12-9-8-10-6-4-5-7-11(10)12;1-3-2;;;/h2-17,19,26H,1H3;4-8,12H,1-3H3;1-2H3;2*1H;/q2*-1;;;;+4/p-2. The van der Waals surface area contributed by atoms with Crippen molar-refractivity contribution in [3.05, 3.63) is 173 Å². The number of hydrogen-bond donors (Lipinski definition) is 0. The van der Waals surface area contributed by atoms with Gasteiger partial charge in [-0.1, -0.05) is 142 Å². The van der Waals surface area contributed by atoms with Crippen LogP contribution >= 0.6 is 0 Å². The Hall–Kier alpha value is -2.63. The minimum Gasteiger partial charge on any atom is -1.00 e. The summed E-state index contributed by atoms with van der Waals surface area (Å²) in [6.07, 6.45) is 5.65. The molecule has 1 aliphatic rings. The third-order valence-corrected chi connectivity index (χ3v) is 9.40. The van der Waals surface area contributed by atoms with Crippen LogP contribution in [0.15, 0.2) is 127 Å². The second-order valence-corrected chi connectivity index (χ2v) is 18.2. The molecule has 46 heavy (non-hydrogen) atoms. The molecular weight excluding hydrogens is 671 g/mol. The first-order chi connectivity index (χ1) is 20.8. The molecule has 1 aliphatic carbocycles. The van der Waals surface area contributed by atoms with E-state index in [0.29, 0.717) is 5.54 Å². The van der Waals surface area contributed by atoms with Gasteiger partial charge in [-0.3, -0.25) is 6.08 Å². The number of ether oxygens (including phenoxy) is 1. The second-order valence-electron chi connectivity index (χ2n) is 11.9. The van der Waals surface area contributed by atoms with Gasteiger partial charge in [-0.05, 0) is 29.2 Å². The molecule has 0 amide bonds. The molecule has 0 heterocycles. The fourth-order valence-corrected chi connectivity index (χ4v) is 7.03. The van der Waals surface area contributed by atoms with Gasteiger partial charge in [-0.2, -0.15) is 23.3 Å². The Kier molecular flexibility index (Phi) is 18.5. The van der Waals surface area contributed by atoms with Crippen molar-refractivity contribution in [3.8, 4) is 11.5 Å². The van der Waals surface area contributed by atoms with E-state index in [9.17, 15) is 0 Å². The summed E-state index contributed by atoms with van der Waals surface area (Å²) in [4.78, 5) is 0. The summed E-state index contributed by atoms with van der Waals surface area (Å²) in [5.41, 5.74) is 8.22. The summed E-state index contributed by atoms with van der Waals surface area (Å²) in [7, 11) is -0.0344. The molecule has 234 valence electrons. The van der Waals surface area contributed by atoms with Gasteiger partial charge in [0.15, 0.2) is 0 Å². The Morgan fingerprint density at radius 2 is 1.20 bits per heavy atom. The van der Waals surface area contributed by atoms with E-state index >= 15 is 0 Å². The maximum atomic E-state index is 6.23. The van der Waals surface area contributed by atoms with Crippen molar-refractivity contribution in [2.45, 2.75) is 51.1 Å². The van der Waals surface area contributed by atoms with Crippen LogP contribution in [0, 0.1) is 19.1 Å². The van der Waals surface area contributed by atoms with E-state index in [1.807, 2.05) is 36.4 Å². The maximum absolute atomic E-state index is 6.23. The molecule has 1 unspecified atom stereocenters. The van der Waals surface area contributed by atoms with Crippen molar-refractivity contribution in [1.82, 2.24) is 0 Å². The summed E-state index contributed by atoms with van der Waals surface area (Å²) >= 11 is 0. The van der Waals surface area contributed by atoms with Gasteiger partial charge in [-0.15, -0.1) is 23.3 Å². The minimum absolute atomic E-state index is 0. The van der Waals surface area contributed by atoms with Crippen molar-refractivity contribution in [2.24, 2.45) is 0 Å². The van der Waals surface area contributed by atoms with E-state index in [0.717, 1.165) is 26.6 Å². The summed E-state index contributed by atoms with van der Waals surface area (Å²) < 4.78 is 6.23. The summed E-state index contributed by atoms with van der Waals surface area (Å²) in [6.45, 7) is 13.6. The van der Waals surface area contributed by atoms with Gasteiger partial charge in [-0.25, -0.2) is 6.08 Å². The van der Waals surface area contributed by atoms with E-state index in [-0.39, 0.29) is 52.4 Å². The summed E-state index contributed by atoms with van der Waals surface area (Å²) in [5.74, 6) is 1.67. The van der Waals surface area contributed by atoms with Crippen LogP contribution in [0.3, 0.4) is 0 Å². The first-order valence-corrected chi connectivity index (χ1v) is 20.5. The molecule has 0 bridgehead atoms. The van der Waals surface area contributed by atoms with Gasteiger partial charge in [0.25, 0.3) is 0 Å². The van der Waals surface area contributed by atoms with Gasteiger partial charge < -0.3 is 29.6 Å². The van der Waals surface area contributed by atoms with Crippen LogP contribution < -0.4 is 29.6 Å². The van der Waals surface area contributed by atoms with Gasteiger partial charge in [0.2, 0.25) is 0 Å². The average molecular weight is 714 g/mol. The molecule has 2 radical (unpaired) electrons. The topological polar surface area (TPSA) is 9.23 Å². The molecule has 6 heteroatoms. The molecule has 0 spiro atoms. The fraction of sp³-hybridized carbons (Fsp3) is 0.200. The third-order valence-electron chi connectivity index (χ3n) is 7.19. The van der Waals surface area contributed by atoms with Crippen LogP contribution in [0.1, 0.15) is 44.8 Å². The number of allylic oxidation sites excluding steroid dienone is 1. The van der Waals surface area contributed by atoms with Crippen LogP contribution in [0.25, 0.3) is 6.08 Å². The molecule has 0 saturated carbocycles. The van der Waals surface area contributed by atoms with E-state index in [4.69, 9.17) is 4.74 Å². The Labute approximate surface area is 308 Å². The van der Waals surface area contributed by atoms with Gasteiger partial charge in [0.1, 0.15) is 5.75 Å². The molecule has 0 aromatic heterocycles. The molecule has 5 aromatic carbocycles. The predicted octanol–water partition coefficient (Wildman–Crippen LogP) is 5.04.